The molecule has 0 spiro atoms. The van der Waals surface area contributed by atoms with E-state index in [9.17, 15) is 4.79 Å². The molecule has 19 heavy (non-hydrogen) atoms. The second kappa shape index (κ2) is 7.17. The van der Waals surface area contributed by atoms with Crippen LogP contribution < -0.4 is 10.9 Å². The molecule has 0 aromatic carbocycles. The zero-order valence-electron chi connectivity index (χ0n) is 11.5. The molecule has 1 rings (SSSR count). The largest absolute Gasteiger partial charge is 0.378 e. The molecule has 0 aliphatic rings. The molecular weight excluding hydrogens is 264 g/mol. The van der Waals surface area contributed by atoms with Crippen molar-refractivity contribution in [3.05, 3.63) is 21.6 Å². The summed E-state index contributed by atoms with van der Waals surface area (Å²) in [5, 5.41) is 7.24. The second-order valence-electron chi connectivity index (χ2n) is 4.54. The molecule has 1 aromatic heterocycles. The third-order valence-electron chi connectivity index (χ3n) is 2.89. The number of nitrogens with zero attached hydrogens (tertiary/aromatic N) is 3. The maximum atomic E-state index is 12.0. The Bertz CT molecular complexity index is 518. The normalized spacial score (nSPS) is 10.8. The van der Waals surface area contributed by atoms with Crippen LogP contribution in [0.25, 0.3) is 0 Å². The molecule has 1 heterocycles. The average Bonchev–Trinajstić information content (AvgIpc) is 2.36. The van der Waals surface area contributed by atoms with Crippen LogP contribution in [0.15, 0.2) is 11.0 Å². The highest BCUT2D eigenvalue weighted by Crippen LogP contribution is 2.14. The Hall–Kier alpha value is -1.51. The van der Waals surface area contributed by atoms with E-state index < -0.39 is 0 Å². The number of anilines is 1. The summed E-state index contributed by atoms with van der Waals surface area (Å²) in [7, 11) is 2.02. The summed E-state index contributed by atoms with van der Waals surface area (Å²) in [5.74, 6) is 2.38. The molecule has 0 aliphatic carbocycles. The van der Waals surface area contributed by atoms with Gasteiger partial charge in [0.05, 0.1) is 11.2 Å². The van der Waals surface area contributed by atoms with Gasteiger partial charge in [-0.25, -0.2) is 4.68 Å². The summed E-state index contributed by atoms with van der Waals surface area (Å²) >= 11 is 5.98. The number of hydrogen-bond acceptors (Lipinski definition) is 4. The van der Waals surface area contributed by atoms with Crippen molar-refractivity contribution in [1.82, 2.24) is 14.7 Å². The Morgan fingerprint density at radius 3 is 2.89 bits per heavy atom. The molecule has 0 amide bonds. The van der Waals surface area contributed by atoms with Gasteiger partial charge in [0.2, 0.25) is 0 Å². The Labute approximate surface area is 118 Å². The van der Waals surface area contributed by atoms with Crippen LogP contribution in [0.3, 0.4) is 0 Å². The van der Waals surface area contributed by atoms with E-state index in [0.29, 0.717) is 23.3 Å². The molecule has 0 bridgehead atoms. The van der Waals surface area contributed by atoms with Gasteiger partial charge in [0, 0.05) is 19.1 Å². The van der Waals surface area contributed by atoms with Crippen molar-refractivity contribution in [3.8, 4) is 12.3 Å². The van der Waals surface area contributed by atoms with Gasteiger partial charge in [0.15, 0.2) is 0 Å². The minimum atomic E-state index is -0.294. The summed E-state index contributed by atoms with van der Waals surface area (Å²) < 4.78 is 1.21. The SMILES string of the molecule is C#CCn1ncc(Cl)c(NCCN(C)C(C)C)c1=O. The molecule has 0 unspecified atom stereocenters. The monoisotopic (exact) mass is 282 g/mol. The van der Waals surface area contributed by atoms with Crippen molar-refractivity contribution < 1.29 is 0 Å². The van der Waals surface area contributed by atoms with Crippen LogP contribution in [-0.4, -0.2) is 40.9 Å². The molecule has 0 atom stereocenters. The Balaban J connectivity index is 2.76. The van der Waals surface area contributed by atoms with E-state index in [1.165, 1.54) is 10.9 Å². The predicted molar refractivity (Wildman–Crippen MR) is 78.6 cm³/mol. The molecule has 0 saturated carbocycles. The van der Waals surface area contributed by atoms with E-state index >= 15 is 0 Å². The predicted octanol–water partition coefficient (Wildman–Crippen LogP) is 1.28. The molecule has 6 heteroatoms. The van der Waals surface area contributed by atoms with Gasteiger partial charge < -0.3 is 10.2 Å². The maximum absolute atomic E-state index is 12.0. The number of halogens is 1. The van der Waals surface area contributed by atoms with Gasteiger partial charge in [0.1, 0.15) is 12.2 Å². The Morgan fingerprint density at radius 2 is 2.32 bits per heavy atom. The summed E-state index contributed by atoms with van der Waals surface area (Å²) in [5.41, 5.74) is 0.0572. The molecule has 104 valence electrons. The summed E-state index contributed by atoms with van der Waals surface area (Å²) in [4.78, 5) is 14.2. The highest BCUT2D eigenvalue weighted by molar-refractivity contribution is 6.32. The van der Waals surface area contributed by atoms with Crippen LogP contribution >= 0.6 is 11.6 Å². The lowest BCUT2D eigenvalue weighted by Crippen LogP contribution is -2.33. The Morgan fingerprint density at radius 1 is 1.63 bits per heavy atom. The molecule has 0 saturated heterocycles. The minimum absolute atomic E-state index is 0.135. The number of likely N-dealkylation sites (N-methyl/N-ethyl adjacent to an activating group) is 1. The lowest BCUT2D eigenvalue weighted by Gasteiger charge is -2.21. The van der Waals surface area contributed by atoms with E-state index in [1.54, 1.807) is 0 Å². The molecular formula is C13H19ClN4O. The van der Waals surface area contributed by atoms with Gasteiger partial charge in [-0.15, -0.1) is 6.42 Å². The average molecular weight is 283 g/mol. The second-order valence-corrected chi connectivity index (χ2v) is 4.94. The van der Waals surface area contributed by atoms with Crippen molar-refractivity contribution in [2.75, 3.05) is 25.5 Å². The van der Waals surface area contributed by atoms with Crippen molar-refractivity contribution in [2.24, 2.45) is 0 Å². The number of aromatic nitrogens is 2. The quantitative estimate of drug-likeness (QED) is 0.799. The first-order chi connectivity index (χ1) is 8.97. The smallest absolute Gasteiger partial charge is 0.292 e. The van der Waals surface area contributed by atoms with Crippen molar-refractivity contribution in [3.63, 3.8) is 0 Å². The lowest BCUT2D eigenvalue weighted by atomic mass is 10.3. The van der Waals surface area contributed by atoms with Gasteiger partial charge in [0.25, 0.3) is 5.56 Å². The first kappa shape index (κ1) is 15.5. The summed E-state index contributed by atoms with van der Waals surface area (Å²) in [6.07, 6.45) is 6.61. The number of hydrogen-bond donors (Lipinski definition) is 1. The third-order valence-corrected chi connectivity index (χ3v) is 3.17. The fraction of sp³-hybridized carbons (Fsp3) is 0.538. The molecule has 1 N–H and O–H groups in total. The van der Waals surface area contributed by atoms with Crippen LogP contribution in [0.4, 0.5) is 5.69 Å². The first-order valence-electron chi connectivity index (χ1n) is 6.10. The molecule has 0 aliphatic heterocycles. The highest BCUT2D eigenvalue weighted by atomic mass is 35.5. The van der Waals surface area contributed by atoms with Crippen LogP contribution in [-0.2, 0) is 6.54 Å². The van der Waals surface area contributed by atoms with Crippen molar-refractivity contribution in [2.45, 2.75) is 26.4 Å². The van der Waals surface area contributed by atoms with Crippen LogP contribution in [0.5, 0.6) is 0 Å². The number of nitrogens with one attached hydrogen (secondary N) is 1. The van der Waals surface area contributed by atoms with Gasteiger partial charge in [-0.2, -0.15) is 5.10 Å². The lowest BCUT2D eigenvalue weighted by molar-refractivity contribution is 0.284. The molecule has 0 fully saturated rings. The molecule has 1 aromatic rings. The topological polar surface area (TPSA) is 50.2 Å². The van der Waals surface area contributed by atoms with E-state index in [-0.39, 0.29) is 12.1 Å². The highest BCUT2D eigenvalue weighted by Gasteiger charge is 2.09. The van der Waals surface area contributed by atoms with Gasteiger partial charge in [-0.3, -0.25) is 4.79 Å². The fourth-order valence-electron chi connectivity index (χ4n) is 1.44. The van der Waals surface area contributed by atoms with E-state index in [1.807, 2.05) is 7.05 Å². The fourth-order valence-corrected chi connectivity index (χ4v) is 1.63. The summed E-state index contributed by atoms with van der Waals surface area (Å²) in [6, 6.07) is 0.452. The number of terminal acetylenes is 1. The van der Waals surface area contributed by atoms with Crippen LogP contribution in [0.2, 0.25) is 5.02 Å². The van der Waals surface area contributed by atoms with E-state index in [4.69, 9.17) is 18.0 Å². The zero-order chi connectivity index (χ0) is 14.4. The Kier molecular flexibility index (Phi) is 5.87. The van der Waals surface area contributed by atoms with Crippen molar-refractivity contribution >= 4 is 17.3 Å². The van der Waals surface area contributed by atoms with Gasteiger partial charge >= 0.3 is 0 Å². The first-order valence-corrected chi connectivity index (χ1v) is 6.48. The van der Waals surface area contributed by atoms with Gasteiger partial charge in [-0.1, -0.05) is 17.5 Å². The maximum Gasteiger partial charge on any atom is 0.292 e. The van der Waals surface area contributed by atoms with Crippen LogP contribution in [0.1, 0.15) is 13.8 Å². The van der Waals surface area contributed by atoms with E-state index in [0.717, 1.165) is 6.54 Å². The van der Waals surface area contributed by atoms with Crippen molar-refractivity contribution in [1.29, 1.82) is 0 Å². The standard InChI is InChI=1S/C13H19ClN4O/c1-5-7-18-13(19)12(11(14)9-16-18)15-6-8-17(4)10(2)3/h1,9-10,15H,6-8H2,2-4H3. The molecule has 0 radical (unpaired) electrons. The zero-order valence-corrected chi connectivity index (χ0v) is 12.2. The van der Waals surface area contributed by atoms with Crippen LogP contribution in [0, 0.1) is 12.3 Å². The molecule has 5 nitrogen and oxygen atoms in total. The van der Waals surface area contributed by atoms with E-state index in [2.05, 4.69) is 35.1 Å². The minimum Gasteiger partial charge on any atom is -0.378 e. The number of rotatable bonds is 6. The third kappa shape index (κ3) is 4.27. The summed E-state index contributed by atoms with van der Waals surface area (Å²) in [6.45, 7) is 5.80. The van der Waals surface area contributed by atoms with Gasteiger partial charge in [-0.05, 0) is 20.9 Å².